The Hall–Kier alpha value is -3.05. The number of esters is 2. The van der Waals surface area contributed by atoms with Crippen molar-refractivity contribution in [1.29, 1.82) is 0 Å². The van der Waals surface area contributed by atoms with Crippen molar-refractivity contribution in [2.24, 2.45) is 4.99 Å². The van der Waals surface area contributed by atoms with Gasteiger partial charge in [0, 0.05) is 17.2 Å². The molecule has 1 heterocycles. The van der Waals surface area contributed by atoms with E-state index in [1.54, 1.807) is 25.1 Å². The maximum atomic E-state index is 12.3. The second kappa shape index (κ2) is 9.40. The highest BCUT2D eigenvalue weighted by Crippen LogP contribution is 2.36. The van der Waals surface area contributed by atoms with Crippen LogP contribution in [0.25, 0.3) is 6.08 Å². The number of rotatable bonds is 6. The van der Waals surface area contributed by atoms with Crippen molar-refractivity contribution in [2.45, 2.75) is 6.92 Å². The first kappa shape index (κ1) is 22.6. The molecule has 9 nitrogen and oxygen atoms in total. The second-order valence-corrected chi connectivity index (χ2v) is 7.93. The summed E-state index contributed by atoms with van der Waals surface area (Å²) in [4.78, 5) is 38.4. The number of ether oxygens (including phenoxy) is 3. The summed E-state index contributed by atoms with van der Waals surface area (Å²) < 4.78 is 16.3. The van der Waals surface area contributed by atoms with E-state index in [2.05, 4.69) is 41.6 Å². The van der Waals surface area contributed by atoms with Crippen LogP contribution in [0.15, 0.2) is 50.0 Å². The SMILES string of the molecule is COC(=O)COc1c(Br)cc(/C=C2\N=C(c3cccc([N+](=O)[O-])c3C)OC2=O)cc1Br. The van der Waals surface area contributed by atoms with E-state index >= 15 is 0 Å². The lowest BCUT2D eigenvalue weighted by molar-refractivity contribution is -0.385. The molecule has 0 saturated heterocycles. The van der Waals surface area contributed by atoms with Gasteiger partial charge in [-0.1, -0.05) is 6.07 Å². The molecule has 0 spiro atoms. The highest BCUT2D eigenvalue weighted by Gasteiger charge is 2.27. The molecule has 160 valence electrons. The Kier molecular flexibility index (Phi) is 6.86. The van der Waals surface area contributed by atoms with Gasteiger partial charge in [0.1, 0.15) is 5.75 Å². The van der Waals surface area contributed by atoms with E-state index in [1.807, 2.05) is 0 Å². The highest BCUT2D eigenvalue weighted by molar-refractivity contribution is 9.11. The first-order chi connectivity index (χ1) is 14.7. The third-order valence-electron chi connectivity index (χ3n) is 4.24. The van der Waals surface area contributed by atoms with Crippen molar-refractivity contribution < 1.29 is 28.7 Å². The lowest BCUT2D eigenvalue weighted by atomic mass is 10.1. The van der Waals surface area contributed by atoms with Gasteiger partial charge in [-0.2, -0.15) is 0 Å². The first-order valence-electron chi connectivity index (χ1n) is 8.67. The number of cyclic esters (lactones) is 1. The lowest BCUT2D eigenvalue weighted by Gasteiger charge is -2.10. The fourth-order valence-electron chi connectivity index (χ4n) is 2.73. The van der Waals surface area contributed by atoms with Gasteiger partial charge in [-0.05, 0) is 68.6 Å². The van der Waals surface area contributed by atoms with Crippen molar-refractivity contribution >= 4 is 61.5 Å². The Labute approximate surface area is 193 Å². The molecule has 31 heavy (non-hydrogen) atoms. The van der Waals surface area contributed by atoms with Crippen molar-refractivity contribution in [3.63, 3.8) is 0 Å². The number of nitro benzene ring substituents is 1. The quantitative estimate of drug-likeness (QED) is 0.226. The summed E-state index contributed by atoms with van der Waals surface area (Å²) in [7, 11) is 1.26. The molecule has 0 aromatic heterocycles. The van der Waals surface area contributed by atoms with Crippen molar-refractivity contribution in [2.75, 3.05) is 13.7 Å². The van der Waals surface area contributed by atoms with Gasteiger partial charge in [-0.15, -0.1) is 0 Å². The zero-order chi connectivity index (χ0) is 22.7. The summed E-state index contributed by atoms with van der Waals surface area (Å²) in [5.41, 5.74) is 1.24. The molecule has 0 atom stereocenters. The van der Waals surface area contributed by atoms with Crippen LogP contribution in [0.4, 0.5) is 5.69 Å². The van der Waals surface area contributed by atoms with Crippen LogP contribution in [0.5, 0.6) is 5.75 Å². The molecule has 2 aromatic rings. The van der Waals surface area contributed by atoms with Crippen LogP contribution in [-0.4, -0.2) is 36.5 Å². The van der Waals surface area contributed by atoms with Crippen molar-refractivity contribution in [1.82, 2.24) is 0 Å². The van der Waals surface area contributed by atoms with Crippen LogP contribution in [0.3, 0.4) is 0 Å². The van der Waals surface area contributed by atoms with Crippen LogP contribution in [0, 0.1) is 17.0 Å². The predicted octanol–water partition coefficient (Wildman–Crippen LogP) is 4.32. The normalized spacial score (nSPS) is 14.3. The number of nitro groups is 1. The maximum Gasteiger partial charge on any atom is 0.363 e. The monoisotopic (exact) mass is 552 g/mol. The number of nitrogens with zero attached hydrogens (tertiary/aromatic N) is 2. The minimum Gasteiger partial charge on any atom is -0.480 e. The number of benzene rings is 2. The van der Waals surface area contributed by atoms with Crippen LogP contribution >= 0.6 is 31.9 Å². The molecule has 11 heteroatoms. The minimum absolute atomic E-state index is 0.00591. The zero-order valence-corrected chi connectivity index (χ0v) is 19.4. The first-order valence-corrected chi connectivity index (χ1v) is 10.3. The third kappa shape index (κ3) is 5.00. The Morgan fingerprint density at radius 3 is 2.58 bits per heavy atom. The molecular formula is C20H14Br2N2O7. The van der Waals surface area contributed by atoms with E-state index < -0.39 is 16.9 Å². The number of halogens is 2. The molecule has 0 fully saturated rings. The second-order valence-electron chi connectivity index (χ2n) is 6.22. The number of carbonyl (C=O) groups excluding carboxylic acids is 2. The third-order valence-corrected chi connectivity index (χ3v) is 5.42. The Bertz CT molecular complexity index is 1140. The summed E-state index contributed by atoms with van der Waals surface area (Å²) in [6, 6.07) is 7.80. The fourth-order valence-corrected chi connectivity index (χ4v) is 4.18. The molecule has 0 saturated carbocycles. The number of hydrogen-bond donors (Lipinski definition) is 0. The van der Waals surface area contributed by atoms with E-state index in [4.69, 9.17) is 9.47 Å². The minimum atomic E-state index is -0.681. The van der Waals surface area contributed by atoms with Gasteiger partial charge in [0.05, 0.1) is 21.0 Å². The standard InChI is InChI=1S/C20H14Br2N2O7/c1-10-12(4-3-5-16(10)24(27)28)19-23-15(20(26)31-19)8-11-6-13(21)18(14(22)7-11)30-9-17(25)29-2/h3-8H,9H2,1-2H3/b15-8-. The smallest absolute Gasteiger partial charge is 0.363 e. The van der Waals surface area contributed by atoms with E-state index in [0.717, 1.165) is 0 Å². The molecule has 2 aromatic carbocycles. The number of methoxy groups -OCH3 is 1. The van der Waals surface area contributed by atoms with Gasteiger partial charge >= 0.3 is 11.9 Å². The summed E-state index contributed by atoms with van der Waals surface area (Å²) in [6.07, 6.45) is 1.50. The van der Waals surface area contributed by atoms with Crippen molar-refractivity contribution in [3.05, 3.63) is 71.8 Å². The molecule has 0 bridgehead atoms. The number of carbonyl (C=O) groups is 2. The molecule has 0 radical (unpaired) electrons. The summed E-state index contributed by atoms with van der Waals surface area (Å²) >= 11 is 6.72. The largest absolute Gasteiger partial charge is 0.480 e. The maximum absolute atomic E-state index is 12.3. The van der Waals surface area contributed by atoms with Crippen LogP contribution in [-0.2, 0) is 19.1 Å². The average molecular weight is 554 g/mol. The average Bonchev–Trinajstić information content (AvgIpc) is 3.07. The van der Waals surface area contributed by atoms with E-state index in [1.165, 1.54) is 25.3 Å². The van der Waals surface area contributed by atoms with Gasteiger partial charge < -0.3 is 14.2 Å². The van der Waals surface area contributed by atoms with Gasteiger partial charge in [-0.3, -0.25) is 10.1 Å². The molecule has 1 aliphatic rings. The molecule has 0 unspecified atom stereocenters. The topological polar surface area (TPSA) is 117 Å². The number of aliphatic imine (C=N–C) groups is 1. The lowest BCUT2D eigenvalue weighted by Crippen LogP contribution is -2.13. The molecule has 0 N–H and O–H groups in total. The molecule has 0 aliphatic carbocycles. The van der Waals surface area contributed by atoms with Crippen molar-refractivity contribution in [3.8, 4) is 5.75 Å². The van der Waals surface area contributed by atoms with E-state index in [0.29, 0.717) is 31.4 Å². The van der Waals surface area contributed by atoms with Crippen LogP contribution in [0.2, 0.25) is 0 Å². The Morgan fingerprint density at radius 2 is 1.97 bits per heavy atom. The number of hydrogen-bond acceptors (Lipinski definition) is 8. The molecule has 3 rings (SSSR count). The zero-order valence-electron chi connectivity index (χ0n) is 16.2. The predicted molar refractivity (Wildman–Crippen MR) is 118 cm³/mol. The van der Waals surface area contributed by atoms with E-state index in [-0.39, 0.29) is 23.9 Å². The van der Waals surface area contributed by atoms with Gasteiger partial charge in [0.2, 0.25) is 5.90 Å². The van der Waals surface area contributed by atoms with Crippen LogP contribution < -0.4 is 4.74 Å². The Balaban J connectivity index is 1.91. The molecule has 0 amide bonds. The van der Waals surface area contributed by atoms with E-state index in [9.17, 15) is 19.7 Å². The van der Waals surface area contributed by atoms with Crippen LogP contribution in [0.1, 0.15) is 16.7 Å². The van der Waals surface area contributed by atoms with Gasteiger partial charge in [0.25, 0.3) is 5.69 Å². The molecular weight excluding hydrogens is 540 g/mol. The summed E-state index contributed by atoms with van der Waals surface area (Å²) in [6.45, 7) is 1.30. The molecule has 1 aliphatic heterocycles. The van der Waals surface area contributed by atoms with Gasteiger partial charge in [0.15, 0.2) is 12.3 Å². The van der Waals surface area contributed by atoms with Gasteiger partial charge in [-0.25, -0.2) is 14.6 Å². The summed E-state index contributed by atoms with van der Waals surface area (Å²) in [5, 5.41) is 11.2. The fraction of sp³-hybridized carbons (Fsp3) is 0.150. The summed E-state index contributed by atoms with van der Waals surface area (Å²) in [5.74, 6) is -0.831. The Morgan fingerprint density at radius 1 is 1.29 bits per heavy atom. The highest BCUT2D eigenvalue weighted by atomic mass is 79.9.